The summed E-state index contributed by atoms with van der Waals surface area (Å²) in [6, 6.07) is 5.82. The van der Waals surface area contributed by atoms with Gasteiger partial charge in [0.25, 0.3) is 0 Å². The number of aromatic nitrogens is 2. The second-order valence-electron chi connectivity index (χ2n) is 5.01. The normalized spacial score (nSPS) is 10.8. The third-order valence-corrected chi connectivity index (χ3v) is 3.12. The van der Waals surface area contributed by atoms with Gasteiger partial charge in [-0.2, -0.15) is 5.10 Å². The molecule has 5 heteroatoms. The van der Waals surface area contributed by atoms with Crippen LogP contribution >= 0.6 is 0 Å². The zero-order valence-electron chi connectivity index (χ0n) is 11.8. The van der Waals surface area contributed by atoms with E-state index in [9.17, 15) is 4.79 Å². The summed E-state index contributed by atoms with van der Waals surface area (Å²) in [5, 5.41) is 15.6. The Hall–Kier alpha value is -2.30. The van der Waals surface area contributed by atoms with E-state index >= 15 is 0 Å². The number of carboxylic acids is 1. The second kappa shape index (κ2) is 5.77. The quantitative estimate of drug-likeness (QED) is 0.879. The van der Waals surface area contributed by atoms with E-state index in [0.717, 1.165) is 22.4 Å². The van der Waals surface area contributed by atoms with Gasteiger partial charge in [-0.15, -0.1) is 0 Å². The smallest absolute Gasteiger partial charge is 0.341 e. The highest BCUT2D eigenvalue weighted by Gasteiger charge is 2.14. The third kappa shape index (κ3) is 2.99. The van der Waals surface area contributed by atoms with Crippen molar-refractivity contribution in [2.45, 2.75) is 26.7 Å². The molecule has 0 bridgehead atoms. The van der Waals surface area contributed by atoms with E-state index in [1.54, 1.807) is 6.20 Å². The van der Waals surface area contributed by atoms with Crippen molar-refractivity contribution in [3.8, 4) is 17.0 Å². The molecule has 0 amide bonds. The van der Waals surface area contributed by atoms with Crippen molar-refractivity contribution >= 4 is 5.97 Å². The highest BCUT2D eigenvalue weighted by molar-refractivity contribution is 5.69. The fourth-order valence-corrected chi connectivity index (χ4v) is 2.11. The lowest BCUT2D eigenvalue weighted by molar-refractivity contribution is -0.139. The monoisotopic (exact) mass is 274 g/mol. The van der Waals surface area contributed by atoms with Crippen molar-refractivity contribution in [1.29, 1.82) is 0 Å². The van der Waals surface area contributed by atoms with Crippen molar-refractivity contribution in [2.24, 2.45) is 0 Å². The molecule has 0 radical (unpaired) electrons. The maximum Gasteiger partial charge on any atom is 0.341 e. The van der Waals surface area contributed by atoms with Crippen LogP contribution < -0.4 is 4.74 Å². The van der Waals surface area contributed by atoms with Gasteiger partial charge in [0.1, 0.15) is 5.75 Å². The predicted octanol–water partition coefficient (Wildman–Crippen LogP) is 2.97. The topological polar surface area (TPSA) is 75.2 Å². The third-order valence-electron chi connectivity index (χ3n) is 3.12. The Balaban J connectivity index is 2.44. The highest BCUT2D eigenvalue weighted by atomic mass is 16.5. The largest absolute Gasteiger partial charge is 0.482 e. The molecule has 0 saturated heterocycles. The van der Waals surface area contributed by atoms with Gasteiger partial charge in [-0.25, -0.2) is 4.79 Å². The molecular weight excluding hydrogens is 256 g/mol. The number of benzene rings is 1. The summed E-state index contributed by atoms with van der Waals surface area (Å²) in [6.45, 7) is 5.74. The van der Waals surface area contributed by atoms with Gasteiger partial charge in [-0.3, -0.25) is 5.10 Å². The van der Waals surface area contributed by atoms with Crippen molar-refractivity contribution in [3.05, 3.63) is 35.5 Å². The maximum atomic E-state index is 10.7. The molecule has 106 valence electrons. The molecule has 0 unspecified atom stereocenters. The minimum Gasteiger partial charge on any atom is -0.482 e. The predicted molar refractivity (Wildman–Crippen MR) is 76.0 cm³/mol. The summed E-state index contributed by atoms with van der Waals surface area (Å²) in [7, 11) is 0. The molecule has 20 heavy (non-hydrogen) atoms. The number of H-pyrrole nitrogens is 1. The van der Waals surface area contributed by atoms with Gasteiger partial charge in [0, 0.05) is 11.8 Å². The van der Waals surface area contributed by atoms with Crippen molar-refractivity contribution in [2.75, 3.05) is 6.61 Å². The Morgan fingerprint density at radius 1 is 1.45 bits per heavy atom. The first-order valence-electron chi connectivity index (χ1n) is 6.48. The summed E-state index contributed by atoms with van der Waals surface area (Å²) in [6.07, 6.45) is 1.71. The van der Waals surface area contributed by atoms with Crippen LogP contribution in [0.25, 0.3) is 11.3 Å². The fraction of sp³-hybridized carbons (Fsp3) is 0.333. The molecule has 0 aliphatic heterocycles. The van der Waals surface area contributed by atoms with Crippen molar-refractivity contribution < 1.29 is 14.6 Å². The van der Waals surface area contributed by atoms with Crippen LogP contribution in [0.5, 0.6) is 5.75 Å². The van der Waals surface area contributed by atoms with Gasteiger partial charge >= 0.3 is 5.97 Å². The van der Waals surface area contributed by atoms with Gasteiger partial charge in [-0.1, -0.05) is 13.8 Å². The summed E-state index contributed by atoms with van der Waals surface area (Å²) < 4.78 is 5.39. The standard InChI is InChI=1S/C15H18N2O3/c1-9(2)11-7-12(13-4-5-16-17-13)10(3)6-14(11)20-8-15(18)19/h4-7,9H,8H2,1-3H3,(H,16,17)(H,18,19). The average Bonchev–Trinajstić information content (AvgIpc) is 2.89. The number of carboxylic acid groups (broad SMARTS) is 1. The number of nitrogens with one attached hydrogen (secondary N) is 1. The van der Waals surface area contributed by atoms with E-state index in [0.29, 0.717) is 5.75 Å². The highest BCUT2D eigenvalue weighted by Crippen LogP contribution is 2.33. The molecule has 2 aromatic rings. The van der Waals surface area contributed by atoms with Gasteiger partial charge in [0.15, 0.2) is 6.61 Å². The van der Waals surface area contributed by atoms with Crippen LogP contribution in [0.4, 0.5) is 0 Å². The molecule has 2 rings (SSSR count). The minimum atomic E-state index is -0.977. The molecule has 0 fully saturated rings. The van der Waals surface area contributed by atoms with Gasteiger partial charge in [0.05, 0.1) is 5.69 Å². The Morgan fingerprint density at radius 3 is 2.75 bits per heavy atom. The zero-order chi connectivity index (χ0) is 14.7. The molecule has 1 aromatic carbocycles. The Morgan fingerprint density at radius 2 is 2.20 bits per heavy atom. The zero-order valence-corrected chi connectivity index (χ0v) is 11.8. The van der Waals surface area contributed by atoms with E-state index in [4.69, 9.17) is 9.84 Å². The molecule has 0 aliphatic carbocycles. The molecule has 0 atom stereocenters. The lowest BCUT2D eigenvalue weighted by Gasteiger charge is -2.16. The molecule has 0 saturated carbocycles. The SMILES string of the molecule is Cc1cc(OCC(=O)O)c(C(C)C)cc1-c1ccn[nH]1. The van der Waals surface area contributed by atoms with E-state index in [1.807, 2.05) is 25.1 Å². The first-order chi connectivity index (χ1) is 9.49. The first kappa shape index (κ1) is 14.1. The number of aryl methyl sites for hydroxylation is 1. The molecule has 0 aliphatic rings. The Bertz CT molecular complexity index is 604. The number of aromatic amines is 1. The molecule has 0 spiro atoms. The maximum absolute atomic E-state index is 10.7. The van der Waals surface area contributed by atoms with Crippen LogP contribution in [0.3, 0.4) is 0 Å². The van der Waals surface area contributed by atoms with Crippen LogP contribution in [0, 0.1) is 6.92 Å². The summed E-state index contributed by atoms with van der Waals surface area (Å²) in [4.78, 5) is 10.7. The van der Waals surface area contributed by atoms with Crippen LogP contribution in [0.1, 0.15) is 30.9 Å². The number of rotatable bonds is 5. The number of nitrogens with zero attached hydrogens (tertiary/aromatic N) is 1. The number of aliphatic carboxylic acids is 1. The van der Waals surface area contributed by atoms with Gasteiger partial charge in [0.2, 0.25) is 0 Å². The first-order valence-corrected chi connectivity index (χ1v) is 6.48. The van der Waals surface area contributed by atoms with E-state index in [2.05, 4.69) is 24.0 Å². The number of hydrogen-bond donors (Lipinski definition) is 2. The van der Waals surface area contributed by atoms with Crippen molar-refractivity contribution in [3.63, 3.8) is 0 Å². The summed E-state index contributed by atoms with van der Waals surface area (Å²) in [5.74, 6) is -0.112. The number of ether oxygens (including phenoxy) is 1. The van der Waals surface area contributed by atoms with Crippen LogP contribution in [-0.4, -0.2) is 27.9 Å². The Kier molecular flexibility index (Phi) is 4.08. The molecule has 5 nitrogen and oxygen atoms in total. The van der Waals surface area contributed by atoms with Gasteiger partial charge < -0.3 is 9.84 Å². The average molecular weight is 274 g/mol. The van der Waals surface area contributed by atoms with Crippen LogP contribution in [0.15, 0.2) is 24.4 Å². The Labute approximate surface area is 117 Å². The van der Waals surface area contributed by atoms with E-state index in [-0.39, 0.29) is 12.5 Å². The molecule has 1 aromatic heterocycles. The van der Waals surface area contributed by atoms with Crippen LogP contribution in [0.2, 0.25) is 0 Å². The van der Waals surface area contributed by atoms with Crippen molar-refractivity contribution in [1.82, 2.24) is 10.2 Å². The molecule has 1 heterocycles. The summed E-state index contributed by atoms with van der Waals surface area (Å²) >= 11 is 0. The number of hydrogen-bond acceptors (Lipinski definition) is 3. The lowest BCUT2D eigenvalue weighted by atomic mass is 9.95. The van der Waals surface area contributed by atoms with Crippen LogP contribution in [-0.2, 0) is 4.79 Å². The molecular formula is C15H18N2O3. The number of carbonyl (C=O) groups is 1. The van der Waals surface area contributed by atoms with Gasteiger partial charge in [-0.05, 0) is 42.2 Å². The van der Waals surface area contributed by atoms with E-state index < -0.39 is 5.97 Å². The minimum absolute atomic E-state index is 0.237. The second-order valence-corrected chi connectivity index (χ2v) is 5.01. The summed E-state index contributed by atoms with van der Waals surface area (Å²) in [5.41, 5.74) is 3.99. The fourth-order valence-electron chi connectivity index (χ4n) is 2.11. The van der Waals surface area contributed by atoms with E-state index in [1.165, 1.54) is 0 Å². The lowest BCUT2D eigenvalue weighted by Crippen LogP contribution is -2.11. The molecule has 2 N–H and O–H groups in total.